The first-order chi connectivity index (χ1) is 23.0. The Morgan fingerprint density at radius 2 is 1.34 bits per heavy atom. The highest BCUT2D eigenvalue weighted by atomic mass is 19.1. The monoisotopic (exact) mass is 638 g/mol. The summed E-state index contributed by atoms with van der Waals surface area (Å²) < 4.78 is 43.9. The fourth-order valence-electron chi connectivity index (χ4n) is 6.37. The standard InChI is InChI=1S/C41H47FO5/c1-4-8-32-12-9-31(21-40(32)42)25-47-35-16-18-37-36-17-15-34(22-38(36)29(3)39(37)23-35)46-24-30-10-13-33(14-11-30)45-20-7-6-19-43-26-41(5-2)27-44-28-41/h9-18,21-23,29H,4-8,19-20,24-28H2,1-3H3. The third kappa shape index (κ3) is 7.99. The van der Waals surface area contributed by atoms with Crippen molar-refractivity contribution < 1.29 is 28.1 Å². The van der Waals surface area contributed by atoms with Crippen molar-refractivity contribution in [2.45, 2.75) is 72.0 Å². The van der Waals surface area contributed by atoms with Crippen LogP contribution in [-0.4, -0.2) is 33.0 Å². The second-order valence-corrected chi connectivity index (χ2v) is 13.1. The summed E-state index contributed by atoms with van der Waals surface area (Å²) in [7, 11) is 0. The zero-order valence-corrected chi connectivity index (χ0v) is 28.0. The lowest BCUT2D eigenvalue weighted by atomic mass is 9.84. The van der Waals surface area contributed by atoms with Crippen molar-refractivity contribution in [2.24, 2.45) is 5.41 Å². The highest BCUT2D eigenvalue weighted by molar-refractivity contribution is 5.80. The molecule has 1 saturated heterocycles. The van der Waals surface area contributed by atoms with Gasteiger partial charge < -0.3 is 23.7 Å². The van der Waals surface area contributed by atoms with E-state index >= 15 is 0 Å². The van der Waals surface area contributed by atoms with Gasteiger partial charge in [-0.2, -0.15) is 0 Å². The minimum atomic E-state index is -0.154. The molecule has 6 rings (SSSR count). The van der Waals surface area contributed by atoms with Gasteiger partial charge in [0.2, 0.25) is 0 Å². The molecular formula is C41H47FO5. The topological polar surface area (TPSA) is 46.2 Å². The maximum Gasteiger partial charge on any atom is 0.126 e. The number of halogens is 1. The van der Waals surface area contributed by atoms with E-state index in [-0.39, 0.29) is 17.2 Å². The van der Waals surface area contributed by atoms with Crippen LogP contribution in [0, 0.1) is 11.2 Å². The molecule has 1 fully saturated rings. The minimum absolute atomic E-state index is 0.154. The first kappa shape index (κ1) is 33.0. The number of aryl methyl sites for hydroxylation is 1. The second kappa shape index (κ2) is 15.4. The van der Waals surface area contributed by atoms with Crippen LogP contribution in [0.2, 0.25) is 0 Å². The lowest BCUT2D eigenvalue weighted by molar-refractivity contribution is -0.150. The van der Waals surface area contributed by atoms with Crippen LogP contribution in [0.1, 0.15) is 80.2 Å². The SMILES string of the molecule is CCCc1ccc(COc2ccc3c(c2)C(C)c2cc(OCc4ccc(OCCCCOCC5(CC)COC5)cc4)ccc2-3)cc1F. The van der Waals surface area contributed by atoms with Crippen molar-refractivity contribution in [1.82, 2.24) is 0 Å². The first-order valence-corrected chi connectivity index (χ1v) is 17.2. The van der Waals surface area contributed by atoms with Gasteiger partial charge in [-0.1, -0.05) is 63.6 Å². The quantitative estimate of drug-likeness (QED) is 0.108. The Morgan fingerprint density at radius 1 is 0.723 bits per heavy atom. The van der Waals surface area contributed by atoms with Gasteiger partial charge in [-0.15, -0.1) is 0 Å². The highest BCUT2D eigenvalue weighted by Gasteiger charge is 2.36. The summed E-state index contributed by atoms with van der Waals surface area (Å²) in [6.45, 7) is 11.2. The van der Waals surface area contributed by atoms with Gasteiger partial charge in [-0.05, 0) is 107 Å². The van der Waals surface area contributed by atoms with E-state index in [0.717, 1.165) is 92.5 Å². The van der Waals surface area contributed by atoms with Crippen LogP contribution >= 0.6 is 0 Å². The van der Waals surface area contributed by atoms with Crippen LogP contribution in [0.4, 0.5) is 4.39 Å². The van der Waals surface area contributed by atoms with E-state index in [0.29, 0.717) is 19.8 Å². The van der Waals surface area contributed by atoms with Crippen LogP contribution in [0.5, 0.6) is 17.2 Å². The number of rotatable bonds is 17. The van der Waals surface area contributed by atoms with Crippen molar-refractivity contribution in [3.8, 4) is 28.4 Å². The third-order valence-corrected chi connectivity index (χ3v) is 9.57. The van der Waals surface area contributed by atoms with Crippen LogP contribution < -0.4 is 14.2 Å². The summed E-state index contributed by atoms with van der Waals surface area (Å²) in [5, 5.41) is 0. The van der Waals surface area contributed by atoms with Gasteiger partial charge in [-0.3, -0.25) is 0 Å². The van der Waals surface area contributed by atoms with Crippen LogP contribution in [0.25, 0.3) is 11.1 Å². The van der Waals surface area contributed by atoms with E-state index < -0.39 is 0 Å². The Balaban J connectivity index is 0.952. The molecule has 4 aromatic rings. The minimum Gasteiger partial charge on any atom is -0.494 e. The highest BCUT2D eigenvalue weighted by Crippen LogP contribution is 2.47. The van der Waals surface area contributed by atoms with Gasteiger partial charge in [0.15, 0.2) is 0 Å². The molecule has 0 spiro atoms. The average Bonchev–Trinajstić information content (AvgIpc) is 3.35. The third-order valence-electron chi connectivity index (χ3n) is 9.57. The first-order valence-electron chi connectivity index (χ1n) is 17.2. The van der Waals surface area contributed by atoms with Gasteiger partial charge >= 0.3 is 0 Å². The zero-order valence-electron chi connectivity index (χ0n) is 28.0. The van der Waals surface area contributed by atoms with Crippen LogP contribution in [0.3, 0.4) is 0 Å². The van der Waals surface area contributed by atoms with E-state index in [1.807, 2.05) is 36.4 Å². The smallest absolute Gasteiger partial charge is 0.126 e. The van der Waals surface area contributed by atoms with E-state index in [9.17, 15) is 4.39 Å². The summed E-state index contributed by atoms with van der Waals surface area (Å²) in [5.41, 5.74) is 7.87. The molecule has 2 aliphatic rings. The summed E-state index contributed by atoms with van der Waals surface area (Å²) >= 11 is 0. The summed E-state index contributed by atoms with van der Waals surface area (Å²) in [6.07, 6.45) is 4.74. The van der Waals surface area contributed by atoms with Crippen LogP contribution in [-0.2, 0) is 29.1 Å². The molecular weight excluding hydrogens is 591 g/mol. The molecule has 1 aliphatic heterocycles. The molecule has 0 aromatic heterocycles. The Hall–Kier alpha value is -3.87. The average molecular weight is 639 g/mol. The lowest BCUT2D eigenvalue weighted by Gasteiger charge is -2.40. The summed E-state index contributed by atoms with van der Waals surface area (Å²) in [4.78, 5) is 0. The molecule has 248 valence electrons. The molecule has 4 aromatic carbocycles. The van der Waals surface area contributed by atoms with Gasteiger partial charge in [0, 0.05) is 17.9 Å². The van der Waals surface area contributed by atoms with Gasteiger partial charge in [0.05, 0.1) is 26.4 Å². The van der Waals surface area contributed by atoms with Gasteiger partial charge in [-0.25, -0.2) is 4.39 Å². The molecule has 0 saturated carbocycles. The summed E-state index contributed by atoms with van der Waals surface area (Å²) in [5.74, 6) is 2.57. The fourth-order valence-corrected chi connectivity index (χ4v) is 6.37. The molecule has 0 bridgehead atoms. The Bertz CT molecular complexity index is 1620. The Labute approximate surface area is 279 Å². The lowest BCUT2D eigenvalue weighted by Crippen LogP contribution is -2.45. The fraction of sp³-hybridized carbons (Fsp3) is 0.415. The second-order valence-electron chi connectivity index (χ2n) is 13.1. The maximum absolute atomic E-state index is 14.4. The number of benzene rings is 4. The number of hydrogen-bond acceptors (Lipinski definition) is 5. The Kier molecular flexibility index (Phi) is 10.8. The van der Waals surface area contributed by atoms with Crippen molar-refractivity contribution in [3.63, 3.8) is 0 Å². The molecule has 5 nitrogen and oxygen atoms in total. The predicted molar refractivity (Wildman–Crippen MR) is 184 cm³/mol. The molecule has 1 aliphatic carbocycles. The van der Waals surface area contributed by atoms with Gasteiger partial charge in [0.25, 0.3) is 0 Å². The molecule has 6 heteroatoms. The molecule has 0 radical (unpaired) electrons. The predicted octanol–water partition coefficient (Wildman–Crippen LogP) is 9.67. The van der Waals surface area contributed by atoms with Crippen LogP contribution in [0.15, 0.2) is 78.9 Å². The van der Waals surface area contributed by atoms with Crippen molar-refractivity contribution in [2.75, 3.05) is 33.0 Å². The van der Waals surface area contributed by atoms with E-state index in [1.54, 1.807) is 6.07 Å². The molecule has 47 heavy (non-hydrogen) atoms. The Morgan fingerprint density at radius 3 is 1.94 bits per heavy atom. The zero-order chi connectivity index (χ0) is 32.6. The number of hydrogen-bond donors (Lipinski definition) is 0. The normalized spacial score (nSPS) is 15.9. The molecule has 1 atom stereocenters. The van der Waals surface area contributed by atoms with Crippen molar-refractivity contribution in [3.05, 3.63) is 112 Å². The molecule has 1 unspecified atom stereocenters. The summed E-state index contributed by atoms with van der Waals surface area (Å²) in [6, 6.07) is 26.2. The number of unbranched alkanes of at least 4 members (excludes halogenated alkanes) is 1. The molecule has 1 heterocycles. The number of fused-ring (bicyclic) bond motifs is 3. The number of ether oxygens (including phenoxy) is 5. The van der Waals surface area contributed by atoms with Crippen molar-refractivity contribution >= 4 is 0 Å². The van der Waals surface area contributed by atoms with E-state index in [4.69, 9.17) is 23.7 Å². The molecule has 0 N–H and O–H groups in total. The largest absolute Gasteiger partial charge is 0.494 e. The van der Waals surface area contributed by atoms with E-state index in [1.165, 1.54) is 22.3 Å². The van der Waals surface area contributed by atoms with Gasteiger partial charge in [0.1, 0.15) is 36.3 Å². The van der Waals surface area contributed by atoms with Crippen molar-refractivity contribution in [1.29, 1.82) is 0 Å². The molecule has 0 amide bonds. The van der Waals surface area contributed by atoms with E-state index in [2.05, 4.69) is 57.2 Å². The maximum atomic E-state index is 14.4.